The van der Waals surface area contributed by atoms with E-state index < -0.39 is 10.0 Å². The summed E-state index contributed by atoms with van der Waals surface area (Å²) < 4.78 is 29.7. The summed E-state index contributed by atoms with van der Waals surface area (Å²) in [6.45, 7) is 6.02. The number of hydrogen-bond donors (Lipinski definition) is 1. The van der Waals surface area contributed by atoms with E-state index in [-0.39, 0.29) is 10.8 Å². The quantitative estimate of drug-likeness (QED) is 0.576. The highest BCUT2D eigenvalue weighted by Crippen LogP contribution is 2.27. The normalized spacial score (nSPS) is 19.3. The van der Waals surface area contributed by atoms with Crippen LogP contribution in [0.2, 0.25) is 0 Å². The molecular formula is C24H29N5O3S. The molecule has 1 aliphatic heterocycles. The van der Waals surface area contributed by atoms with Crippen molar-refractivity contribution in [1.29, 1.82) is 0 Å². The van der Waals surface area contributed by atoms with E-state index in [0.717, 1.165) is 17.5 Å². The third-order valence-electron chi connectivity index (χ3n) is 5.93. The molecule has 1 saturated heterocycles. The molecular weight excluding hydrogens is 438 g/mol. The van der Waals surface area contributed by atoms with Crippen molar-refractivity contribution in [2.24, 2.45) is 11.8 Å². The fraction of sp³-hybridized carbons (Fsp3) is 0.375. The zero-order chi connectivity index (χ0) is 23.4. The van der Waals surface area contributed by atoms with Gasteiger partial charge in [-0.2, -0.15) is 9.40 Å². The Bertz CT molecular complexity index is 1200. The summed E-state index contributed by atoms with van der Waals surface area (Å²) >= 11 is 0. The molecule has 1 aromatic heterocycles. The van der Waals surface area contributed by atoms with Gasteiger partial charge in [0.1, 0.15) is 12.7 Å². The predicted octanol–water partition coefficient (Wildman–Crippen LogP) is 2.92. The highest BCUT2D eigenvalue weighted by molar-refractivity contribution is 7.89. The van der Waals surface area contributed by atoms with Gasteiger partial charge in [0.2, 0.25) is 10.0 Å². The van der Waals surface area contributed by atoms with Gasteiger partial charge in [0.25, 0.3) is 5.91 Å². The van der Waals surface area contributed by atoms with Crippen LogP contribution >= 0.6 is 0 Å². The Labute approximate surface area is 194 Å². The first kappa shape index (κ1) is 23.1. The fourth-order valence-electron chi connectivity index (χ4n) is 4.40. The number of amides is 1. The highest BCUT2D eigenvalue weighted by atomic mass is 32.2. The zero-order valence-electron chi connectivity index (χ0n) is 18.9. The summed E-state index contributed by atoms with van der Waals surface area (Å²) in [5.74, 6) is 0.309. The minimum Gasteiger partial charge on any atom is -0.348 e. The lowest BCUT2D eigenvalue weighted by molar-refractivity contribution is 0.0950. The molecule has 8 nitrogen and oxygen atoms in total. The number of rotatable bonds is 7. The van der Waals surface area contributed by atoms with Gasteiger partial charge in [-0.25, -0.2) is 18.1 Å². The molecule has 1 amide bonds. The van der Waals surface area contributed by atoms with Gasteiger partial charge in [0, 0.05) is 25.2 Å². The largest absolute Gasteiger partial charge is 0.348 e. The maximum Gasteiger partial charge on any atom is 0.251 e. The van der Waals surface area contributed by atoms with Crippen LogP contribution in [0.25, 0.3) is 0 Å². The average molecular weight is 468 g/mol. The molecule has 1 fully saturated rings. The second-order valence-electron chi connectivity index (χ2n) is 8.84. The molecule has 4 rings (SSSR count). The lowest BCUT2D eigenvalue weighted by Gasteiger charge is -2.34. The second kappa shape index (κ2) is 9.84. The molecule has 0 spiro atoms. The van der Waals surface area contributed by atoms with E-state index in [4.69, 9.17) is 0 Å². The van der Waals surface area contributed by atoms with Gasteiger partial charge in [-0.3, -0.25) is 4.79 Å². The molecule has 0 bridgehead atoms. The van der Waals surface area contributed by atoms with Crippen molar-refractivity contribution < 1.29 is 13.2 Å². The fourth-order valence-corrected chi connectivity index (χ4v) is 6.13. The Morgan fingerprint density at radius 3 is 2.48 bits per heavy atom. The number of carbonyl (C=O) groups is 1. The summed E-state index contributed by atoms with van der Waals surface area (Å²) in [5.41, 5.74) is 2.30. The lowest BCUT2D eigenvalue weighted by Crippen LogP contribution is -2.42. The van der Waals surface area contributed by atoms with E-state index in [2.05, 4.69) is 29.2 Å². The van der Waals surface area contributed by atoms with E-state index >= 15 is 0 Å². The molecule has 33 heavy (non-hydrogen) atoms. The number of nitrogens with zero attached hydrogens (tertiary/aromatic N) is 4. The van der Waals surface area contributed by atoms with Crippen molar-refractivity contribution in [3.8, 4) is 0 Å². The van der Waals surface area contributed by atoms with E-state index in [1.165, 1.54) is 12.4 Å². The number of nitrogens with one attached hydrogen (secondary N) is 1. The van der Waals surface area contributed by atoms with E-state index in [1.54, 1.807) is 33.5 Å². The predicted molar refractivity (Wildman–Crippen MR) is 125 cm³/mol. The molecule has 2 aromatic carbocycles. The Hall–Kier alpha value is -3.04. The van der Waals surface area contributed by atoms with Crippen LogP contribution in [-0.2, 0) is 23.1 Å². The first-order valence-corrected chi connectivity index (χ1v) is 12.5. The van der Waals surface area contributed by atoms with E-state index in [9.17, 15) is 13.2 Å². The minimum absolute atomic E-state index is 0.156. The van der Waals surface area contributed by atoms with Crippen LogP contribution in [0.5, 0.6) is 0 Å². The van der Waals surface area contributed by atoms with Gasteiger partial charge in [0.15, 0.2) is 0 Å². The van der Waals surface area contributed by atoms with Crippen LogP contribution in [0.15, 0.2) is 66.1 Å². The highest BCUT2D eigenvalue weighted by Gasteiger charge is 2.32. The van der Waals surface area contributed by atoms with Crippen molar-refractivity contribution >= 4 is 15.9 Å². The zero-order valence-corrected chi connectivity index (χ0v) is 19.7. The third kappa shape index (κ3) is 5.48. The van der Waals surface area contributed by atoms with Gasteiger partial charge in [-0.05, 0) is 47.6 Å². The van der Waals surface area contributed by atoms with Crippen LogP contribution < -0.4 is 5.32 Å². The Morgan fingerprint density at radius 2 is 1.79 bits per heavy atom. The number of sulfonamides is 1. The van der Waals surface area contributed by atoms with E-state index in [0.29, 0.717) is 43.6 Å². The Kier molecular flexibility index (Phi) is 6.90. The smallest absolute Gasteiger partial charge is 0.251 e. The number of piperidine rings is 1. The molecule has 174 valence electrons. The number of carbonyl (C=O) groups excluding carboxylic acids is 1. The van der Waals surface area contributed by atoms with Crippen LogP contribution in [0, 0.1) is 11.8 Å². The molecule has 1 N–H and O–H groups in total. The van der Waals surface area contributed by atoms with Gasteiger partial charge in [-0.15, -0.1) is 0 Å². The Morgan fingerprint density at radius 1 is 1.06 bits per heavy atom. The molecule has 0 saturated carbocycles. The molecule has 2 heterocycles. The van der Waals surface area contributed by atoms with E-state index in [1.807, 2.05) is 24.3 Å². The lowest BCUT2D eigenvalue weighted by atomic mass is 9.94. The molecule has 2 unspecified atom stereocenters. The summed E-state index contributed by atoms with van der Waals surface area (Å²) in [5, 5.41) is 7.05. The molecule has 0 radical (unpaired) electrons. The third-order valence-corrected chi connectivity index (χ3v) is 7.75. The summed E-state index contributed by atoms with van der Waals surface area (Å²) in [7, 11) is -3.65. The molecule has 2 atom stereocenters. The van der Waals surface area contributed by atoms with Gasteiger partial charge in [-0.1, -0.05) is 44.2 Å². The molecule has 9 heteroatoms. The molecule has 0 aliphatic carbocycles. The Balaban J connectivity index is 1.47. The minimum atomic E-state index is -3.65. The standard InChI is InChI=1S/C24H29N5O3S/c1-18-10-19(2)14-29(13-18)33(31,32)23-9-5-8-20(11-23)24(30)26-12-21-6-3-4-7-22(21)15-28-17-25-16-27-28/h3-9,11,16-19H,10,12-15H2,1-2H3,(H,26,30). The van der Waals surface area contributed by atoms with Gasteiger partial charge >= 0.3 is 0 Å². The van der Waals surface area contributed by atoms with Crippen LogP contribution in [0.1, 0.15) is 41.8 Å². The summed E-state index contributed by atoms with van der Waals surface area (Å²) in [4.78, 5) is 17.0. The maximum atomic E-state index is 13.2. The van der Waals surface area contributed by atoms with Crippen LogP contribution in [-0.4, -0.2) is 46.5 Å². The van der Waals surface area contributed by atoms with Gasteiger partial charge < -0.3 is 5.32 Å². The topological polar surface area (TPSA) is 97.2 Å². The first-order chi connectivity index (χ1) is 15.8. The van der Waals surface area contributed by atoms with Crippen LogP contribution in [0.4, 0.5) is 0 Å². The number of aromatic nitrogens is 3. The van der Waals surface area contributed by atoms with Crippen molar-refractivity contribution in [3.05, 3.63) is 77.9 Å². The number of benzene rings is 2. The molecule has 1 aliphatic rings. The second-order valence-corrected chi connectivity index (χ2v) is 10.8. The van der Waals surface area contributed by atoms with Crippen molar-refractivity contribution in [3.63, 3.8) is 0 Å². The summed E-state index contributed by atoms with van der Waals surface area (Å²) in [6.07, 6.45) is 4.15. The van der Waals surface area contributed by atoms with Crippen molar-refractivity contribution in [2.75, 3.05) is 13.1 Å². The van der Waals surface area contributed by atoms with Crippen molar-refractivity contribution in [1.82, 2.24) is 24.4 Å². The summed E-state index contributed by atoms with van der Waals surface area (Å²) in [6, 6.07) is 14.1. The first-order valence-electron chi connectivity index (χ1n) is 11.1. The maximum absolute atomic E-state index is 13.2. The SMILES string of the molecule is CC1CC(C)CN(S(=O)(=O)c2cccc(C(=O)NCc3ccccc3Cn3cncn3)c2)C1. The monoisotopic (exact) mass is 467 g/mol. The number of hydrogen-bond acceptors (Lipinski definition) is 5. The average Bonchev–Trinajstić information content (AvgIpc) is 3.31. The van der Waals surface area contributed by atoms with Gasteiger partial charge in [0.05, 0.1) is 11.4 Å². The van der Waals surface area contributed by atoms with Crippen LogP contribution in [0.3, 0.4) is 0 Å². The molecule has 3 aromatic rings. The van der Waals surface area contributed by atoms with Crippen molar-refractivity contribution in [2.45, 2.75) is 38.3 Å².